The summed E-state index contributed by atoms with van der Waals surface area (Å²) >= 11 is 0. The molecule has 61 valence electrons. The molecule has 0 heterocycles. The van der Waals surface area contributed by atoms with Crippen LogP contribution in [-0.2, 0) is 6.42 Å². The van der Waals surface area contributed by atoms with E-state index in [0.29, 0.717) is 0 Å². The van der Waals surface area contributed by atoms with Crippen molar-refractivity contribution in [2.24, 2.45) is 5.41 Å². The van der Waals surface area contributed by atoms with E-state index in [4.69, 9.17) is 0 Å². The molecule has 12 heavy (non-hydrogen) atoms. The van der Waals surface area contributed by atoms with Crippen molar-refractivity contribution in [2.45, 2.75) is 20.3 Å². The van der Waals surface area contributed by atoms with E-state index in [2.05, 4.69) is 50.3 Å². The van der Waals surface area contributed by atoms with Gasteiger partial charge in [0.2, 0.25) is 0 Å². The minimum Gasteiger partial charge on any atom is -0.0620 e. The van der Waals surface area contributed by atoms with E-state index in [-0.39, 0.29) is 5.41 Å². The van der Waals surface area contributed by atoms with Crippen molar-refractivity contribution >= 4 is 6.08 Å². The van der Waals surface area contributed by atoms with Crippen LogP contribution in [0.4, 0.5) is 0 Å². The fourth-order valence-corrected chi connectivity index (χ4v) is 1.64. The van der Waals surface area contributed by atoms with Crippen molar-refractivity contribution in [1.29, 1.82) is 0 Å². The second-order valence-electron chi connectivity index (χ2n) is 4.05. The monoisotopic (exact) mass is 157 g/mol. The van der Waals surface area contributed by atoms with Gasteiger partial charge in [-0.1, -0.05) is 44.2 Å². The van der Waals surface area contributed by atoms with Crippen LogP contribution < -0.4 is 0 Å². The minimum atomic E-state index is 0.217. The molecule has 0 saturated carbocycles. The molecule has 0 unspecified atom stereocenters. The number of benzene rings is 1. The van der Waals surface area contributed by atoms with Crippen molar-refractivity contribution in [3.63, 3.8) is 0 Å². The quantitative estimate of drug-likeness (QED) is 0.543. The first-order chi connectivity index (χ1) is 5.67. The van der Waals surface area contributed by atoms with Gasteiger partial charge in [0.1, 0.15) is 0 Å². The van der Waals surface area contributed by atoms with E-state index >= 15 is 0 Å². The molecule has 0 atom stereocenters. The molecule has 1 aromatic rings. The standard InChI is InChI=1S/C12H13/c1-12(2)8-7-10-5-3-4-6-11(10)9-12/h3-7H,9H2,1-2H3. The van der Waals surface area contributed by atoms with Gasteiger partial charge in [-0.05, 0) is 29.0 Å². The Bertz CT molecular complexity index is 319. The second kappa shape index (κ2) is 2.48. The molecule has 0 saturated heterocycles. The zero-order valence-corrected chi connectivity index (χ0v) is 7.59. The second-order valence-corrected chi connectivity index (χ2v) is 4.05. The van der Waals surface area contributed by atoms with Crippen molar-refractivity contribution in [3.05, 3.63) is 41.5 Å². The fourth-order valence-electron chi connectivity index (χ4n) is 1.64. The third-order valence-electron chi connectivity index (χ3n) is 2.31. The van der Waals surface area contributed by atoms with Crippen LogP contribution in [0.25, 0.3) is 6.08 Å². The lowest BCUT2D eigenvalue weighted by Gasteiger charge is -2.24. The molecule has 0 amide bonds. The Morgan fingerprint density at radius 1 is 1.25 bits per heavy atom. The van der Waals surface area contributed by atoms with Gasteiger partial charge in [-0.15, -0.1) is 0 Å². The largest absolute Gasteiger partial charge is 0.0620 e. The molecule has 1 aliphatic carbocycles. The van der Waals surface area contributed by atoms with Gasteiger partial charge < -0.3 is 0 Å². The lowest BCUT2D eigenvalue weighted by molar-refractivity contribution is 0.457. The normalized spacial score (nSPS) is 18.8. The molecule has 0 nitrogen and oxygen atoms in total. The topological polar surface area (TPSA) is 0 Å². The van der Waals surface area contributed by atoms with E-state index < -0.39 is 0 Å². The predicted molar refractivity (Wildman–Crippen MR) is 51.6 cm³/mol. The maximum Gasteiger partial charge on any atom is -0.00598 e. The van der Waals surface area contributed by atoms with Gasteiger partial charge in [-0.25, -0.2) is 0 Å². The van der Waals surface area contributed by atoms with Crippen LogP contribution in [0.5, 0.6) is 0 Å². The minimum absolute atomic E-state index is 0.217. The maximum atomic E-state index is 3.39. The summed E-state index contributed by atoms with van der Waals surface area (Å²) in [5.41, 5.74) is 2.99. The number of hydrogen-bond acceptors (Lipinski definition) is 0. The van der Waals surface area contributed by atoms with E-state index in [1.54, 1.807) is 0 Å². The van der Waals surface area contributed by atoms with E-state index in [1.165, 1.54) is 11.1 Å². The lowest BCUT2D eigenvalue weighted by atomic mass is 9.80. The molecule has 0 aliphatic heterocycles. The Morgan fingerprint density at radius 3 is 2.83 bits per heavy atom. The zero-order valence-electron chi connectivity index (χ0n) is 7.59. The van der Waals surface area contributed by atoms with Crippen LogP contribution in [0.3, 0.4) is 0 Å². The SMILES string of the molecule is CC1(C)[C]=Cc2ccccc2C1. The highest BCUT2D eigenvalue weighted by atomic mass is 14.2. The number of fused-ring (bicyclic) bond motifs is 1. The average molecular weight is 157 g/mol. The van der Waals surface area contributed by atoms with Crippen molar-refractivity contribution in [2.75, 3.05) is 0 Å². The summed E-state index contributed by atoms with van der Waals surface area (Å²) in [5.74, 6) is 0. The summed E-state index contributed by atoms with van der Waals surface area (Å²) in [5, 5.41) is 0. The molecule has 1 aliphatic rings. The van der Waals surface area contributed by atoms with Crippen molar-refractivity contribution in [1.82, 2.24) is 0 Å². The van der Waals surface area contributed by atoms with E-state index in [0.717, 1.165) is 6.42 Å². The Hall–Kier alpha value is -1.04. The smallest absolute Gasteiger partial charge is 0.00598 e. The van der Waals surface area contributed by atoms with Crippen LogP contribution in [0.1, 0.15) is 25.0 Å². The predicted octanol–water partition coefficient (Wildman–Crippen LogP) is 3.09. The molecule has 0 spiro atoms. The molecule has 0 heteroatoms. The summed E-state index contributed by atoms with van der Waals surface area (Å²) in [7, 11) is 0. The highest BCUT2D eigenvalue weighted by molar-refractivity contribution is 5.55. The molecule has 0 N–H and O–H groups in total. The highest BCUT2D eigenvalue weighted by Crippen LogP contribution is 2.30. The summed E-state index contributed by atoms with van der Waals surface area (Å²) in [4.78, 5) is 0. The molecule has 0 fully saturated rings. The molecular formula is C12H13. The Morgan fingerprint density at radius 2 is 2.00 bits per heavy atom. The molecular weight excluding hydrogens is 144 g/mol. The first-order valence-electron chi connectivity index (χ1n) is 4.36. The molecule has 0 bridgehead atoms. The summed E-state index contributed by atoms with van der Waals surface area (Å²) in [6.07, 6.45) is 6.61. The number of rotatable bonds is 0. The molecule has 1 radical (unpaired) electrons. The van der Waals surface area contributed by atoms with Gasteiger partial charge in [0.05, 0.1) is 0 Å². The van der Waals surface area contributed by atoms with Crippen LogP contribution in [0.2, 0.25) is 0 Å². The third kappa shape index (κ3) is 1.29. The Kier molecular flexibility index (Phi) is 1.57. The molecule has 2 rings (SSSR count). The van der Waals surface area contributed by atoms with Crippen LogP contribution in [-0.4, -0.2) is 0 Å². The van der Waals surface area contributed by atoms with Gasteiger partial charge >= 0.3 is 0 Å². The third-order valence-corrected chi connectivity index (χ3v) is 2.31. The van der Waals surface area contributed by atoms with Gasteiger partial charge in [0.25, 0.3) is 0 Å². The van der Waals surface area contributed by atoms with E-state index in [1.807, 2.05) is 0 Å². The Balaban J connectivity index is 2.46. The van der Waals surface area contributed by atoms with Crippen LogP contribution in [0.15, 0.2) is 24.3 Å². The van der Waals surface area contributed by atoms with Crippen LogP contribution >= 0.6 is 0 Å². The summed E-state index contributed by atoms with van der Waals surface area (Å²) in [6, 6.07) is 8.54. The van der Waals surface area contributed by atoms with Crippen molar-refractivity contribution in [3.8, 4) is 0 Å². The number of hydrogen-bond donors (Lipinski definition) is 0. The molecule has 1 aromatic carbocycles. The number of allylic oxidation sites excluding steroid dienone is 1. The summed E-state index contributed by atoms with van der Waals surface area (Å²) in [6.45, 7) is 4.44. The fraction of sp³-hybridized carbons (Fsp3) is 0.333. The van der Waals surface area contributed by atoms with E-state index in [9.17, 15) is 0 Å². The van der Waals surface area contributed by atoms with Gasteiger partial charge in [-0.2, -0.15) is 0 Å². The molecule has 0 aromatic heterocycles. The average Bonchev–Trinajstić information content (AvgIpc) is 2.02. The van der Waals surface area contributed by atoms with Gasteiger partial charge in [0, 0.05) is 0 Å². The highest BCUT2D eigenvalue weighted by Gasteiger charge is 2.20. The lowest BCUT2D eigenvalue weighted by Crippen LogP contribution is -2.15. The first-order valence-corrected chi connectivity index (χ1v) is 4.36. The Labute approximate surface area is 73.9 Å². The zero-order chi connectivity index (χ0) is 8.60. The summed E-state index contributed by atoms with van der Waals surface area (Å²) < 4.78 is 0. The van der Waals surface area contributed by atoms with Crippen LogP contribution in [0, 0.1) is 11.5 Å². The maximum absolute atomic E-state index is 3.39. The first kappa shape index (κ1) is 7.60. The van der Waals surface area contributed by atoms with Crippen molar-refractivity contribution < 1.29 is 0 Å². The van der Waals surface area contributed by atoms with Gasteiger partial charge in [0.15, 0.2) is 0 Å². The van der Waals surface area contributed by atoms with Gasteiger partial charge in [-0.3, -0.25) is 0 Å².